The summed E-state index contributed by atoms with van der Waals surface area (Å²) in [5, 5.41) is 2.42. The Morgan fingerprint density at radius 3 is 0.802 bits per heavy atom. The summed E-state index contributed by atoms with van der Waals surface area (Å²) >= 11 is 0. The van der Waals surface area contributed by atoms with Crippen molar-refractivity contribution in [1.82, 2.24) is 9.80 Å². The lowest BCUT2D eigenvalue weighted by Crippen LogP contribution is -2.56. The van der Waals surface area contributed by atoms with Crippen LogP contribution in [0.25, 0.3) is 43.1 Å². The van der Waals surface area contributed by atoms with Gasteiger partial charge in [0.25, 0.3) is 23.6 Å². The van der Waals surface area contributed by atoms with E-state index in [2.05, 4.69) is 41.5 Å². The fourth-order valence-electron chi connectivity index (χ4n) is 16.6. The fraction of sp³-hybridized carbons (Fsp3) is 0.326. The van der Waals surface area contributed by atoms with E-state index in [-0.39, 0.29) is 90.2 Å². The van der Waals surface area contributed by atoms with Gasteiger partial charge in [0.1, 0.15) is 69.6 Å². The van der Waals surface area contributed by atoms with Crippen LogP contribution in [-0.4, -0.2) is 57.5 Å². The van der Waals surface area contributed by atoms with E-state index in [0.717, 1.165) is 107 Å². The number of rotatable bonds is 18. The zero-order chi connectivity index (χ0) is 74.4. The molecule has 2 heterocycles. The average molecular weight is 1420 g/mol. The normalized spacial score (nSPS) is 16.4. The van der Waals surface area contributed by atoms with Gasteiger partial charge in [-0.05, 0) is 170 Å². The second-order valence-corrected chi connectivity index (χ2v) is 32.1. The van der Waals surface area contributed by atoms with Crippen molar-refractivity contribution in [2.24, 2.45) is 23.7 Å². The quantitative estimate of drug-likeness (QED) is 0.0263. The lowest BCUT2D eigenvalue weighted by molar-refractivity contribution is -0.142. The number of carbonyl (C=O) groups is 6. The Bertz CT molecular complexity index is 4730. The minimum atomic E-state index is -1.41. The molecule has 106 heavy (non-hydrogen) atoms. The first-order valence-electron chi connectivity index (χ1n) is 37.5. The molecule has 0 bridgehead atoms. The Morgan fingerprint density at radius 1 is 0.330 bits per heavy atom. The summed E-state index contributed by atoms with van der Waals surface area (Å²) in [5.41, 5.74) is 5.70. The van der Waals surface area contributed by atoms with Crippen molar-refractivity contribution in [1.29, 1.82) is 0 Å². The minimum absolute atomic E-state index is 0.0485. The molecule has 2 saturated carbocycles. The van der Waals surface area contributed by atoms with E-state index < -0.39 is 59.5 Å². The third-order valence-electron chi connectivity index (χ3n) is 22.7. The summed E-state index contributed by atoms with van der Waals surface area (Å²) in [6.07, 6.45) is 8.88. The second-order valence-electron chi connectivity index (χ2n) is 32.1. The van der Waals surface area contributed by atoms with Gasteiger partial charge in [-0.15, -0.1) is 0 Å². The maximum atomic E-state index is 16.7. The number of fused-ring (bicyclic) bond motifs is 2. The summed E-state index contributed by atoms with van der Waals surface area (Å²) in [6, 6.07) is 48.4. The standard InChI is InChI=1S/C92H90N2O12/c1-51-23-35-61(36-24-51)101-71-47-67-75-68(86(96)93(85(67)95)83(55(5)57-19-15-13-16-20-57)89(99)105-65-43-31-59(32-44-65)91(7,8)9)49-73(103-63-39-27-53(3)28-40-63)79-80-74(104-64-41-29-54(4)30-42-64)50-70-76-69(48-72(78(82(76)80)77(71)81(75)79)102-62-37-25-52(2)26-38-62)87(97)94(88(70)98)84(56(6)58-21-17-14-18-22-58)90(100)106-66-45-33-60(34-46-66)92(10,11)12/h23-50,55-58,83-84H,13-22H2,1-12H3. The smallest absolute Gasteiger partial charge is 0.335 e. The first kappa shape index (κ1) is 70.8. The molecule has 11 aromatic rings. The summed E-state index contributed by atoms with van der Waals surface area (Å²) in [5.74, 6) is -3.13. The molecule has 540 valence electrons. The lowest BCUT2D eigenvalue weighted by Gasteiger charge is -2.40. The molecule has 0 radical (unpaired) electrons. The van der Waals surface area contributed by atoms with E-state index in [1.165, 1.54) is 0 Å². The molecule has 2 fully saturated rings. The van der Waals surface area contributed by atoms with Crippen LogP contribution >= 0.6 is 0 Å². The number of nitrogens with zero attached hydrogens (tertiary/aromatic N) is 2. The molecule has 4 amide bonds. The van der Waals surface area contributed by atoms with E-state index in [4.69, 9.17) is 28.4 Å². The SMILES string of the molecule is Cc1ccc(Oc2cc3c4c(cc(Oc5ccc(C)cc5)c5c6c(Oc7ccc(C)cc7)cc7c8c(cc(Oc9ccc(C)cc9)c(c2c45)c86)C(=O)N(C(C(=O)Oc2ccc(C(C)(C)C)cc2)C(C)C2CCCCC2)C7=O)C(=O)N(C(C(=O)Oc2ccc(C(C)(C)C)cc2)C(C)C2CCCCC2)C3=O)cc1. The van der Waals surface area contributed by atoms with Crippen LogP contribution in [0, 0.1) is 51.4 Å². The van der Waals surface area contributed by atoms with Gasteiger partial charge in [0.05, 0.1) is 22.3 Å². The van der Waals surface area contributed by atoms with Gasteiger partial charge in [0.15, 0.2) is 0 Å². The molecule has 11 aromatic carbocycles. The molecular weight excluding hydrogens is 1330 g/mol. The Balaban J connectivity index is 1.04. The number of amides is 4. The molecule has 14 nitrogen and oxygen atoms in total. The predicted molar refractivity (Wildman–Crippen MR) is 414 cm³/mol. The molecule has 0 N–H and O–H groups in total. The van der Waals surface area contributed by atoms with Crippen molar-refractivity contribution in [2.75, 3.05) is 0 Å². The highest BCUT2D eigenvalue weighted by atomic mass is 16.5. The predicted octanol–water partition coefficient (Wildman–Crippen LogP) is 22.3. The topological polar surface area (TPSA) is 164 Å². The van der Waals surface area contributed by atoms with E-state index in [1.54, 1.807) is 48.5 Å². The van der Waals surface area contributed by atoms with Gasteiger partial charge in [0.2, 0.25) is 0 Å². The van der Waals surface area contributed by atoms with Gasteiger partial charge in [-0.25, -0.2) is 9.59 Å². The Morgan fingerprint density at radius 2 is 0.566 bits per heavy atom. The minimum Gasteiger partial charge on any atom is -0.457 e. The summed E-state index contributed by atoms with van der Waals surface area (Å²) in [4.78, 5) is 100. The van der Waals surface area contributed by atoms with Gasteiger partial charge in [0, 0.05) is 43.1 Å². The molecule has 0 saturated heterocycles. The van der Waals surface area contributed by atoms with E-state index in [0.29, 0.717) is 55.3 Å². The highest BCUT2D eigenvalue weighted by molar-refractivity contribution is 6.45. The summed E-state index contributed by atoms with van der Waals surface area (Å²) in [6.45, 7) is 24.4. The van der Waals surface area contributed by atoms with Crippen LogP contribution in [0.15, 0.2) is 170 Å². The molecule has 4 aliphatic rings. The highest BCUT2D eigenvalue weighted by Crippen LogP contribution is 2.59. The van der Waals surface area contributed by atoms with Crippen LogP contribution in [0.5, 0.6) is 57.5 Å². The Kier molecular flexibility index (Phi) is 18.6. The van der Waals surface area contributed by atoms with Gasteiger partial charge < -0.3 is 28.4 Å². The maximum Gasteiger partial charge on any atom is 0.335 e. The molecule has 4 atom stereocenters. The van der Waals surface area contributed by atoms with Crippen LogP contribution in [0.1, 0.15) is 194 Å². The molecule has 0 spiro atoms. The zero-order valence-corrected chi connectivity index (χ0v) is 62.5. The van der Waals surface area contributed by atoms with Crippen molar-refractivity contribution in [3.05, 3.63) is 225 Å². The van der Waals surface area contributed by atoms with Crippen LogP contribution in [0.2, 0.25) is 0 Å². The number of esters is 2. The highest BCUT2D eigenvalue weighted by Gasteiger charge is 2.51. The van der Waals surface area contributed by atoms with Crippen molar-refractivity contribution in [3.63, 3.8) is 0 Å². The monoisotopic (exact) mass is 1410 g/mol. The molecule has 15 rings (SSSR count). The fourth-order valence-corrected chi connectivity index (χ4v) is 16.6. The first-order chi connectivity index (χ1) is 50.8. The van der Waals surface area contributed by atoms with Gasteiger partial charge in [-0.3, -0.25) is 29.0 Å². The Hall–Kier alpha value is -10.9. The van der Waals surface area contributed by atoms with Crippen molar-refractivity contribution in [3.8, 4) is 57.5 Å². The van der Waals surface area contributed by atoms with Crippen LogP contribution in [0.4, 0.5) is 0 Å². The number of hydrogen-bond donors (Lipinski definition) is 0. The third-order valence-corrected chi connectivity index (χ3v) is 22.7. The first-order valence-corrected chi connectivity index (χ1v) is 37.5. The van der Waals surface area contributed by atoms with E-state index >= 15 is 28.8 Å². The number of aryl methyl sites for hydroxylation is 4. The number of imide groups is 2. The number of hydrogen-bond acceptors (Lipinski definition) is 12. The number of benzene rings is 11. The van der Waals surface area contributed by atoms with Gasteiger partial charge in [-0.2, -0.15) is 0 Å². The number of carbonyl (C=O) groups excluding carboxylic acids is 6. The van der Waals surface area contributed by atoms with Gasteiger partial charge in [-0.1, -0.05) is 215 Å². The molecule has 4 unspecified atom stereocenters. The molecule has 0 aromatic heterocycles. The Labute approximate surface area is 619 Å². The van der Waals surface area contributed by atoms with Crippen LogP contribution in [0.3, 0.4) is 0 Å². The van der Waals surface area contributed by atoms with E-state index in [1.807, 2.05) is 163 Å². The van der Waals surface area contributed by atoms with E-state index in [9.17, 15) is 0 Å². The summed E-state index contributed by atoms with van der Waals surface area (Å²) in [7, 11) is 0. The molecule has 2 aliphatic carbocycles. The van der Waals surface area contributed by atoms with Crippen molar-refractivity contribution in [2.45, 2.75) is 170 Å². The molecular formula is C92H90N2O12. The number of ether oxygens (including phenoxy) is 6. The van der Waals surface area contributed by atoms with Gasteiger partial charge >= 0.3 is 11.9 Å². The molecule has 2 aliphatic heterocycles. The van der Waals surface area contributed by atoms with Crippen molar-refractivity contribution < 1.29 is 57.2 Å². The molecule has 14 heteroatoms. The zero-order valence-electron chi connectivity index (χ0n) is 62.5. The van der Waals surface area contributed by atoms with Crippen molar-refractivity contribution >= 4 is 78.7 Å². The summed E-state index contributed by atoms with van der Waals surface area (Å²) < 4.78 is 42.0. The lowest BCUT2D eigenvalue weighted by atomic mass is 9.76. The third kappa shape index (κ3) is 13.2. The largest absolute Gasteiger partial charge is 0.457 e. The second kappa shape index (κ2) is 27.9. The van der Waals surface area contributed by atoms with Crippen LogP contribution in [-0.2, 0) is 20.4 Å². The average Bonchev–Trinajstić information content (AvgIpc) is 0.670. The maximum absolute atomic E-state index is 16.7. The van der Waals surface area contributed by atoms with Crippen LogP contribution < -0.4 is 28.4 Å².